The van der Waals surface area contributed by atoms with Gasteiger partial charge in [0, 0.05) is 11.1 Å². The molecule has 8 heteroatoms. The first-order chi connectivity index (χ1) is 14.2. The Morgan fingerprint density at radius 1 is 1.28 bits per heavy atom. The summed E-state index contributed by atoms with van der Waals surface area (Å²) in [5.74, 6) is 1.12. The molecule has 0 unspecified atom stereocenters. The van der Waals surface area contributed by atoms with Gasteiger partial charge in [-0.15, -0.1) is 22.7 Å². The van der Waals surface area contributed by atoms with Crippen LogP contribution in [0.3, 0.4) is 0 Å². The molecule has 0 aliphatic heterocycles. The summed E-state index contributed by atoms with van der Waals surface area (Å²) in [5, 5.41) is 21.9. The maximum absolute atomic E-state index is 9.72. The zero-order chi connectivity index (χ0) is 20.2. The predicted molar refractivity (Wildman–Crippen MR) is 119 cm³/mol. The van der Waals surface area contributed by atoms with Crippen molar-refractivity contribution in [3.05, 3.63) is 64.1 Å². The van der Waals surface area contributed by atoms with Gasteiger partial charge in [0.25, 0.3) is 0 Å². The van der Waals surface area contributed by atoms with Crippen LogP contribution >= 0.6 is 34.4 Å². The Labute approximate surface area is 180 Å². The van der Waals surface area contributed by atoms with E-state index in [-0.39, 0.29) is 5.75 Å². The van der Waals surface area contributed by atoms with E-state index in [1.807, 2.05) is 23.6 Å². The molecule has 5 nitrogen and oxygen atoms in total. The minimum absolute atomic E-state index is 0.0616. The molecule has 0 aliphatic rings. The minimum Gasteiger partial charge on any atom is -0.504 e. The summed E-state index contributed by atoms with van der Waals surface area (Å²) < 4.78 is 7.31. The number of thioether (sulfide) groups is 1. The van der Waals surface area contributed by atoms with E-state index in [1.54, 1.807) is 47.4 Å². The number of aromatic hydroxyl groups is 1. The van der Waals surface area contributed by atoms with Gasteiger partial charge in [-0.1, -0.05) is 30.0 Å². The fourth-order valence-electron chi connectivity index (χ4n) is 2.64. The number of methoxy groups -OCH3 is 1. The number of nitrogens with zero attached hydrogens (tertiary/aromatic N) is 3. The molecule has 0 amide bonds. The van der Waals surface area contributed by atoms with E-state index in [9.17, 15) is 10.4 Å². The first kappa shape index (κ1) is 19.5. The lowest BCUT2D eigenvalue weighted by atomic mass is 10.1. The summed E-state index contributed by atoms with van der Waals surface area (Å²) >= 11 is 4.76. The number of benzene rings is 2. The van der Waals surface area contributed by atoms with Crippen molar-refractivity contribution >= 4 is 56.3 Å². The normalized spacial score (nSPS) is 11.5. The van der Waals surface area contributed by atoms with Crippen molar-refractivity contribution < 1.29 is 9.84 Å². The first-order valence-corrected chi connectivity index (χ1v) is 11.3. The lowest BCUT2D eigenvalue weighted by molar-refractivity contribution is 0.373. The number of fused-ring (bicyclic) bond motifs is 1. The molecular formula is C21H15N3O2S3. The molecule has 1 N–H and O–H groups in total. The third-order valence-corrected chi connectivity index (χ3v) is 7.17. The van der Waals surface area contributed by atoms with Crippen LogP contribution in [0.1, 0.15) is 16.3 Å². The molecule has 144 valence electrons. The van der Waals surface area contributed by atoms with Crippen LogP contribution in [0, 0.1) is 11.3 Å². The van der Waals surface area contributed by atoms with E-state index in [0.717, 1.165) is 21.1 Å². The van der Waals surface area contributed by atoms with Gasteiger partial charge in [-0.05, 0) is 35.9 Å². The topological polar surface area (TPSA) is 79.0 Å². The highest BCUT2D eigenvalue weighted by molar-refractivity contribution is 8.00. The van der Waals surface area contributed by atoms with E-state index in [2.05, 4.69) is 22.1 Å². The molecule has 0 bridgehead atoms. The number of phenols is 1. The largest absolute Gasteiger partial charge is 0.504 e. The van der Waals surface area contributed by atoms with Crippen molar-refractivity contribution in [2.45, 2.75) is 10.1 Å². The summed E-state index contributed by atoms with van der Waals surface area (Å²) in [5.41, 5.74) is 3.16. The summed E-state index contributed by atoms with van der Waals surface area (Å²) in [4.78, 5) is 9.24. The number of nitriles is 1. The van der Waals surface area contributed by atoms with Gasteiger partial charge in [0.15, 0.2) is 15.8 Å². The molecule has 4 aromatic rings. The average Bonchev–Trinajstić information content (AvgIpc) is 3.38. The van der Waals surface area contributed by atoms with Gasteiger partial charge in [0.2, 0.25) is 0 Å². The van der Waals surface area contributed by atoms with E-state index in [1.165, 1.54) is 23.1 Å². The smallest absolute Gasteiger partial charge is 0.161 e. The van der Waals surface area contributed by atoms with Gasteiger partial charge in [0.05, 0.1) is 28.6 Å². The van der Waals surface area contributed by atoms with Crippen LogP contribution in [0.4, 0.5) is 0 Å². The third-order valence-electron chi connectivity index (χ3n) is 4.04. The monoisotopic (exact) mass is 437 g/mol. The van der Waals surface area contributed by atoms with Gasteiger partial charge in [-0.25, -0.2) is 9.97 Å². The van der Waals surface area contributed by atoms with Gasteiger partial charge in [0.1, 0.15) is 11.1 Å². The molecular weight excluding hydrogens is 422 g/mol. The molecule has 0 atom stereocenters. The number of hydrogen-bond donors (Lipinski definition) is 1. The lowest BCUT2D eigenvalue weighted by Crippen LogP contribution is -1.86. The number of phenolic OH excluding ortho intramolecular Hbond substituents is 1. The Kier molecular flexibility index (Phi) is 5.81. The predicted octanol–water partition coefficient (Wildman–Crippen LogP) is 5.82. The zero-order valence-electron chi connectivity index (χ0n) is 15.3. The Bertz CT molecular complexity index is 1200. The van der Waals surface area contributed by atoms with Crippen molar-refractivity contribution in [2.75, 3.05) is 7.11 Å². The van der Waals surface area contributed by atoms with Crippen molar-refractivity contribution in [3.8, 4) is 17.6 Å². The van der Waals surface area contributed by atoms with Gasteiger partial charge >= 0.3 is 0 Å². The Morgan fingerprint density at radius 2 is 2.14 bits per heavy atom. The van der Waals surface area contributed by atoms with Crippen LogP contribution in [-0.4, -0.2) is 22.2 Å². The molecule has 4 rings (SSSR count). The number of para-hydroxylation sites is 1. The highest BCUT2D eigenvalue weighted by Gasteiger charge is 2.11. The molecule has 0 saturated carbocycles. The summed E-state index contributed by atoms with van der Waals surface area (Å²) in [6.07, 6.45) is 1.74. The van der Waals surface area contributed by atoms with E-state index >= 15 is 0 Å². The van der Waals surface area contributed by atoms with Gasteiger partial charge < -0.3 is 9.84 Å². The number of thiazole rings is 2. The number of hydrogen-bond acceptors (Lipinski definition) is 8. The summed E-state index contributed by atoms with van der Waals surface area (Å²) in [7, 11) is 1.49. The molecule has 2 aromatic heterocycles. The maximum atomic E-state index is 9.72. The Morgan fingerprint density at radius 3 is 2.93 bits per heavy atom. The van der Waals surface area contributed by atoms with Crippen LogP contribution in [-0.2, 0) is 5.75 Å². The van der Waals surface area contributed by atoms with E-state index in [0.29, 0.717) is 22.1 Å². The van der Waals surface area contributed by atoms with Crippen molar-refractivity contribution in [1.82, 2.24) is 9.97 Å². The van der Waals surface area contributed by atoms with Crippen molar-refractivity contribution in [1.29, 1.82) is 5.26 Å². The second-order valence-corrected chi connectivity index (χ2v) is 9.09. The van der Waals surface area contributed by atoms with Gasteiger partial charge in [-0.2, -0.15) is 5.26 Å². The zero-order valence-corrected chi connectivity index (χ0v) is 17.8. The van der Waals surface area contributed by atoms with Crippen molar-refractivity contribution in [3.63, 3.8) is 0 Å². The van der Waals surface area contributed by atoms with Crippen molar-refractivity contribution in [2.24, 2.45) is 0 Å². The fraction of sp³-hybridized carbons (Fsp3) is 0.0952. The molecule has 0 aliphatic carbocycles. The first-order valence-electron chi connectivity index (χ1n) is 8.58. The van der Waals surface area contributed by atoms with Crippen LogP contribution in [0.2, 0.25) is 0 Å². The second-order valence-electron chi connectivity index (χ2n) is 5.98. The molecule has 0 radical (unpaired) electrons. The summed E-state index contributed by atoms with van der Waals surface area (Å²) in [6.45, 7) is 0. The van der Waals surface area contributed by atoms with Crippen LogP contribution < -0.4 is 4.74 Å². The molecule has 0 fully saturated rings. The molecule has 0 spiro atoms. The molecule has 2 heterocycles. The second kappa shape index (κ2) is 8.66. The molecule has 2 aromatic carbocycles. The number of ether oxygens (including phenoxy) is 1. The number of aromatic nitrogens is 2. The van der Waals surface area contributed by atoms with E-state index < -0.39 is 0 Å². The Hall–Kier alpha value is -2.86. The van der Waals surface area contributed by atoms with Crippen LogP contribution in [0.25, 0.3) is 21.9 Å². The van der Waals surface area contributed by atoms with Crippen LogP contribution in [0.5, 0.6) is 11.5 Å². The highest BCUT2D eigenvalue weighted by atomic mass is 32.2. The summed E-state index contributed by atoms with van der Waals surface area (Å²) in [6, 6.07) is 15.3. The maximum Gasteiger partial charge on any atom is 0.161 e. The number of rotatable bonds is 6. The fourth-order valence-corrected chi connectivity index (χ4v) is 5.49. The van der Waals surface area contributed by atoms with E-state index in [4.69, 9.17) is 4.74 Å². The average molecular weight is 438 g/mol. The third kappa shape index (κ3) is 4.43. The minimum atomic E-state index is 0.0616. The highest BCUT2D eigenvalue weighted by Crippen LogP contribution is 2.33. The van der Waals surface area contributed by atoms with Gasteiger partial charge in [-0.3, -0.25) is 0 Å². The lowest BCUT2D eigenvalue weighted by Gasteiger charge is -2.04. The molecule has 0 saturated heterocycles. The molecule has 29 heavy (non-hydrogen) atoms. The Balaban J connectivity index is 1.50. The SMILES string of the molecule is COc1cc(/C=C(\C#N)c2nc(CSc3nc4ccccc4s3)cs2)ccc1O. The standard InChI is InChI=1S/C21H15N3O2S3/c1-26-18-9-13(6-7-17(18)25)8-14(10-22)20-23-15(11-27-20)12-28-21-24-16-4-2-3-5-19(16)29-21/h2-9,11,25H,12H2,1H3/b14-8+. The quantitative estimate of drug-likeness (QED) is 0.302. The number of allylic oxidation sites excluding steroid dienone is 1. The van der Waals surface area contributed by atoms with Crippen LogP contribution in [0.15, 0.2) is 52.2 Å².